The van der Waals surface area contributed by atoms with Crippen LogP contribution >= 0.6 is 0 Å². The van der Waals surface area contributed by atoms with E-state index in [0.717, 1.165) is 21.9 Å². The molecule has 0 saturated carbocycles. The van der Waals surface area contributed by atoms with Gasteiger partial charge in [0.2, 0.25) is 0 Å². The molecule has 0 aliphatic carbocycles. The molecule has 0 radical (unpaired) electrons. The molecule has 0 atom stereocenters. The van der Waals surface area contributed by atoms with Crippen LogP contribution in [0.2, 0.25) is 0 Å². The molecule has 3 aromatic rings. The molecule has 2 aromatic heterocycles. The van der Waals surface area contributed by atoms with Gasteiger partial charge in [-0.05, 0) is 29.2 Å². The van der Waals surface area contributed by atoms with Crippen molar-refractivity contribution in [1.82, 2.24) is 9.97 Å². The predicted molar refractivity (Wildman–Crippen MR) is 75.7 cm³/mol. The molecule has 2 heterocycles. The quantitative estimate of drug-likeness (QED) is 0.550. The Balaban J connectivity index is 2.31. The zero-order valence-corrected chi connectivity index (χ0v) is 10.9. The summed E-state index contributed by atoms with van der Waals surface area (Å²) < 4.78 is 0. The Labute approximate surface area is 107 Å². The summed E-state index contributed by atoms with van der Waals surface area (Å²) in [5, 5.41) is 2.28. The van der Waals surface area contributed by atoms with Crippen LogP contribution in [0.1, 0.15) is 26.3 Å². The first-order valence-corrected chi connectivity index (χ1v) is 6.20. The van der Waals surface area contributed by atoms with Gasteiger partial charge in [-0.25, -0.2) is 9.97 Å². The molecule has 2 heteroatoms. The number of hydrogen-bond acceptors (Lipinski definition) is 2. The van der Waals surface area contributed by atoms with E-state index < -0.39 is 0 Å². The Hall–Kier alpha value is -1.96. The van der Waals surface area contributed by atoms with Gasteiger partial charge in [0.15, 0.2) is 5.65 Å². The highest BCUT2D eigenvalue weighted by Gasteiger charge is 2.14. The second-order valence-corrected chi connectivity index (χ2v) is 5.70. The molecule has 0 bridgehead atoms. The fraction of sp³-hybridized carbons (Fsp3) is 0.250. The van der Waals surface area contributed by atoms with Gasteiger partial charge in [0.05, 0.1) is 5.52 Å². The molecule has 0 saturated heterocycles. The first-order chi connectivity index (χ1) is 8.54. The van der Waals surface area contributed by atoms with Crippen molar-refractivity contribution in [2.24, 2.45) is 0 Å². The number of hydrogen-bond donors (Lipinski definition) is 0. The van der Waals surface area contributed by atoms with Gasteiger partial charge < -0.3 is 0 Å². The highest BCUT2D eigenvalue weighted by molar-refractivity contribution is 5.91. The summed E-state index contributed by atoms with van der Waals surface area (Å²) in [5.41, 5.74) is 3.18. The fourth-order valence-corrected chi connectivity index (χ4v) is 2.08. The van der Waals surface area contributed by atoms with Gasteiger partial charge in [0, 0.05) is 17.0 Å². The van der Waals surface area contributed by atoms with Crippen LogP contribution in [0.4, 0.5) is 0 Å². The van der Waals surface area contributed by atoms with Gasteiger partial charge in [-0.2, -0.15) is 0 Å². The summed E-state index contributed by atoms with van der Waals surface area (Å²) in [6.07, 6.45) is 1.93. The van der Waals surface area contributed by atoms with Gasteiger partial charge in [0.1, 0.15) is 0 Å². The summed E-state index contributed by atoms with van der Waals surface area (Å²) in [5.74, 6) is 0. The van der Waals surface area contributed by atoms with Crippen LogP contribution in [0.15, 0.2) is 42.6 Å². The van der Waals surface area contributed by atoms with Crippen LogP contribution in [0, 0.1) is 0 Å². The Morgan fingerprint density at radius 1 is 0.944 bits per heavy atom. The summed E-state index contributed by atoms with van der Waals surface area (Å²) in [6, 6.07) is 12.5. The van der Waals surface area contributed by atoms with Gasteiger partial charge in [0.25, 0.3) is 0 Å². The van der Waals surface area contributed by atoms with E-state index in [1.165, 1.54) is 5.56 Å². The smallest absolute Gasteiger partial charge is 0.159 e. The zero-order valence-electron chi connectivity index (χ0n) is 10.9. The normalized spacial score (nSPS) is 12.2. The summed E-state index contributed by atoms with van der Waals surface area (Å²) in [6.45, 7) is 6.60. The molecular formula is C16H16N2. The lowest BCUT2D eigenvalue weighted by Gasteiger charge is -2.18. The van der Waals surface area contributed by atoms with Crippen LogP contribution in [0.3, 0.4) is 0 Å². The molecule has 0 aliphatic rings. The summed E-state index contributed by atoms with van der Waals surface area (Å²) in [7, 11) is 0. The van der Waals surface area contributed by atoms with Crippen LogP contribution in [0.25, 0.3) is 21.9 Å². The second kappa shape index (κ2) is 3.77. The van der Waals surface area contributed by atoms with Crippen molar-refractivity contribution in [2.45, 2.75) is 26.2 Å². The fourth-order valence-electron chi connectivity index (χ4n) is 2.08. The van der Waals surface area contributed by atoms with Crippen molar-refractivity contribution in [3.05, 3.63) is 48.2 Å². The predicted octanol–water partition coefficient (Wildman–Crippen LogP) is 4.08. The Morgan fingerprint density at radius 3 is 2.50 bits per heavy atom. The molecule has 0 spiro atoms. The van der Waals surface area contributed by atoms with E-state index in [2.05, 4.69) is 48.9 Å². The molecule has 0 aliphatic heterocycles. The standard InChI is InChI=1S/C16H16N2/c1-16(2,3)13-9-12-8-11-6-4-5-7-14(11)18-15(12)17-10-13/h4-10H,1-3H3. The number of aromatic nitrogens is 2. The van der Waals surface area contributed by atoms with Crippen molar-refractivity contribution in [3.63, 3.8) is 0 Å². The minimum absolute atomic E-state index is 0.118. The van der Waals surface area contributed by atoms with Crippen LogP contribution in [-0.2, 0) is 5.41 Å². The van der Waals surface area contributed by atoms with Crippen molar-refractivity contribution >= 4 is 21.9 Å². The van der Waals surface area contributed by atoms with Crippen molar-refractivity contribution in [2.75, 3.05) is 0 Å². The topological polar surface area (TPSA) is 25.8 Å². The minimum atomic E-state index is 0.118. The molecule has 0 unspecified atom stereocenters. The van der Waals surface area contributed by atoms with Crippen molar-refractivity contribution < 1.29 is 0 Å². The van der Waals surface area contributed by atoms with E-state index in [0.29, 0.717) is 0 Å². The molecule has 1 aromatic carbocycles. The summed E-state index contributed by atoms with van der Waals surface area (Å²) >= 11 is 0. The highest BCUT2D eigenvalue weighted by Crippen LogP contribution is 2.25. The molecule has 0 amide bonds. The Kier molecular flexibility index (Phi) is 2.34. The highest BCUT2D eigenvalue weighted by atomic mass is 14.8. The molecule has 2 nitrogen and oxygen atoms in total. The van der Waals surface area contributed by atoms with E-state index in [-0.39, 0.29) is 5.41 Å². The minimum Gasteiger partial charge on any atom is -0.236 e. The van der Waals surface area contributed by atoms with Gasteiger partial charge in [-0.1, -0.05) is 39.0 Å². The summed E-state index contributed by atoms with van der Waals surface area (Å²) in [4.78, 5) is 9.08. The molecule has 3 rings (SSSR count). The lowest BCUT2D eigenvalue weighted by atomic mass is 9.88. The second-order valence-electron chi connectivity index (χ2n) is 5.70. The van der Waals surface area contributed by atoms with Gasteiger partial charge in [-0.3, -0.25) is 0 Å². The zero-order chi connectivity index (χ0) is 12.8. The molecule has 0 fully saturated rings. The monoisotopic (exact) mass is 236 g/mol. The molecular weight excluding hydrogens is 220 g/mol. The van der Waals surface area contributed by atoms with Gasteiger partial charge >= 0.3 is 0 Å². The average molecular weight is 236 g/mol. The number of fused-ring (bicyclic) bond motifs is 2. The van der Waals surface area contributed by atoms with Gasteiger partial charge in [-0.15, -0.1) is 0 Å². The molecule has 0 N–H and O–H groups in total. The lowest BCUT2D eigenvalue weighted by Crippen LogP contribution is -2.11. The maximum Gasteiger partial charge on any atom is 0.159 e. The Bertz CT molecular complexity index is 724. The lowest BCUT2D eigenvalue weighted by molar-refractivity contribution is 0.588. The largest absolute Gasteiger partial charge is 0.236 e. The van der Waals surface area contributed by atoms with Crippen LogP contribution in [-0.4, -0.2) is 9.97 Å². The first-order valence-electron chi connectivity index (χ1n) is 6.20. The molecule has 18 heavy (non-hydrogen) atoms. The van der Waals surface area contributed by atoms with E-state index >= 15 is 0 Å². The number of para-hydroxylation sites is 1. The third kappa shape index (κ3) is 1.84. The SMILES string of the molecule is CC(C)(C)c1cnc2nc3ccccc3cc2c1. The number of nitrogens with zero attached hydrogens (tertiary/aromatic N) is 2. The van der Waals surface area contributed by atoms with Crippen LogP contribution in [0.5, 0.6) is 0 Å². The number of benzene rings is 1. The van der Waals surface area contributed by atoms with E-state index in [4.69, 9.17) is 0 Å². The van der Waals surface area contributed by atoms with E-state index in [1.54, 1.807) is 0 Å². The first kappa shape index (κ1) is 11.1. The third-order valence-electron chi connectivity index (χ3n) is 3.24. The average Bonchev–Trinajstić information content (AvgIpc) is 2.34. The maximum atomic E-state index is 4.59. The number of rotatable bonds is 0. The van der Waals surface area contributed by atoms with E-state index in [1.807, 2.05) is 24.4 Å². The van der Waals surface area contributed by atoms with Crippen LogP contribution < -0.4 is 0 Å². The van der Waals surface area contributed by atoms with Crippen molar-refractivity contribution in [1.29, 1.82) is 0 Å². The number of pyridine rings is 2. The van der Waals surface area contributed by atoms with Crippen molar-refractivity contribution in [3.8, 4) is 0 Å². The maximum absolute atomic E-state index is 4.59. The molecule has 90 valence electrons. The Morgan fingerprint density at radius 2 is 1.72 bits per heavy atom. The van der Waals surface area contributed by atoms with E-state index in [9.17, 15) is 0 Å². The third-order valence-corrected chi connectivity index (χ3v) is 3.24.